The van der Waals surface area contributed by atoms with E-state index in [1.807, 2.05) is 0 Å². The second-order valence-corrected chi connectivity index (χ2v) is 4.84. The summed E-state index contributed by atoms with van der Waals surface area (Å²) >= 11 is 1.13. The van der Waals surface area contributed by atoms with Crippen LogP contribution in [-0.2, 0) is 4.79 Å². The Hall–Kier alpha value is -0.0500. The van der Waals surface area contributed by atoms with E-state index in [2.05, 4.69) is 6.92 Å². The summed E-state index contributed by atoms with van der Waals surface area (Å²) in [6.45, 7) is 3.85. The molecule has 0 aromatic heterocycles. The van der Waals surface area contributed by atoms with E-state index in [4.69, 9.17) is 0 Å². The van der Waals surface area contributed by atoms with E-state index in [1.165, 1.54) is 19.3 Å². The molecule has 0 saturated heterocycles. The van der Waals surface area contributed by atoms with E-state index >= 15 is 0 Å². The van der Waals surface area contributed by atoms with Gasteiger partial charge in [0.2, 0.25) is 0 Å². The van der Waals surface area contributed by atoms with Gasteiger partial charge >= 0.3 is 0 Å². The lowest BCUT2D eigenvalue weighted by atomic mass is 10.0. The molecule has 0 fully saturated rings. The highest BCUT2D eigenvalue weighted by molar-refractivity contribution is 8.13. The number of halogens is 1. The Morgan fingerprint density at radius 3 is 2.40 bits per heavy atom. The third-order valence-corrected chi connectivity index (χ3v) is 3.47. The van der Waals surface area contributed by atoms with Gasteiger partial charge in [0.25, 0.3) is 0 Å². The molecule has 0 amide bonds. The van der Waals surface area contributed by atoms with Gasteiger partial charge in [0, 0.05) is 0 Å². The molecule has 0 radical (unpaired) electrons. The van der Waals surface area contributed by atoms with Crippen LogP contribution in [0, 0.1) is 5.92 Å². The number of carbonyl (C=O) groups is 1. The smallest absolute Gasteiger partial charge is 0.194 e. The van der Waals surface area contributed by atoms with Crippen molar-refractivity contribution in [1.82, 2.24) is 0 Å². The minimum Gasteiger partial charge on any atom is -0.287 e. The molecule has 0 N–H and O–H groups in total. The molecule has 0 heterocycles. The third kappa shape index (κ3) is 6.93. The van der Waals surface area contributed by atoms with Crippen molar-refractivity contribution in [3.8, 4) is 0 Å². The molecule has 0 aliphatic heterocycles. The highest BCUT2D eigenvalue weighted by Gasteiger charge is 2.22. The highest BCUT2D eigenvalue weighted by Crippen LogP contribution is 2.20. The maximum absolute atomic E-state index is 13.5. The average Bonchev–Trinajstić information content (AvgIpc) is 2.26. The van der Waals surface area contributed by atoms with Crippen molar-refractivity contribution in [2.45, 2.75) is 58.5 Å². The number of unbranched alkanes of at least 4 members (excludes halogenated alkanes) is 4. The van der Waals surface area contributed by atoms with Gasteiger partial charge in [-0.05, 0) is 12.7 Å². The molecule has 0 spiro atoms. The molecule has 0 aromatic rings. The van der Waals surface area contributed by atoms with Gasteiger partial charge in [-0.15, -0.1) is 0 Å². The Balaban J connectivity index is 3.55. The van der Waals surface area contributed by atoms with Crippen molar-refractivity contribution in [2.24, 2.45) is 5.92 Å². The fourth-order valence-corrected chi connectivity index (χ4v) is 2.05. The molecule has 1 nitrogen and oxygen atoms in total. The van der Waals surface area contributed by atoms with Gasteiger partial charge in [-0.3, -0.25) is 4.79 Å². The lowest BCUT2D eigenvalue weighted by Crippen LogP contribution is -2.19. The number of carbonyl (C=O) groups excluding carboxylic acids is 1. The molecular formula is C12H23FOS. The van der Waals surface area contributed by atoms with Crippen molar-refractivity contribution in [2.75, 3.05) is 6.26 Å². The van der Waals surface area contributed by atoms with Crippen LogP contribution in [0.15, 0.2) is 0 Å². The minimum absolute atomic E-state index is 0.0314. The maximum Gasteiger partial charge on any atom is 0.194 e. The van der Waals surface area contributed by atoms with Gasteiger partial charge in [0.15, 0.2) is 5.12 Å². The second kappa shape index (κ2) is 9.20. The van der Waals surface area contributed by atoms with Gasteiger partial charge in [-0.25, -0.2) is 4.39 Å². The summed E-state index contributed by atoms with van der Waals surface area (Å²) in [6.07, 6.45) is 6.93. The van der Waals surface area contributed by atoms with Crippen LogP contribution >= 0.6 is 11.8 Å². The summed E-state index contributed by atoms with van der Waals surface area (Å²) in [5, 5.41) is -0.0314. The first-order valence-corrected chi connectivity index (χ1v) is 7.07. The summed E-state index contributed by atoms with van der Waals surface area (Å²) in [4.78, 5) is 11.2. The lowest BCUT2D eigenvalue weighted by molar-refractivity contribution is -0.115. The summed E-state index contributed by atoms with van der Waals surface area (Å²) < 4.78 is 13.5. The predicted molar refractivity (Wildman–Crippen MR) is 66.0 cm³/mol. The zero-order valence-corrected chi connectivity index (χ0v) is 10.9. The summed E-state index contributed by atoms with van der Waals surface area (Å²) in [7, 11) is 0. The van der Waals surface area contributed by atoms with Gasteiger partial charge < -0.3 is 0 Å². The maximum atomic E-state index is 13.5. The molecular weight excluding hydrogens is 211 g/mol. The van der Waals surface area contributed by atoms with Crippen molar-refractivity contribution in [3.63, 3.8) is 0 Å². The van der Waals surface area contributed by atoms with Crippen LogP contribution in [0.25, 0.3) is 0 Å². The predicted octanol–water partition coefficient (Wildman–Crippen LogP) is 4.21. The van der Waals surface area contributed by atoms with Gasteiger partial charge in [0.1, 0.15) is 6.17 Å². The molecule has 0 rings (SSSR count). The fourth-order valence-electron chi connectivity index (χ4n) is 1.53. The van der Waals surface area contributed by atoms with Crippen molar-refractivity contribution in [3.05, 3.63) is 0 Å². The molecule has 90 valence electrons. The minimum atomic E-state index is -0.952. The standard InChI is InChI=1S/C12H23FOS/c1-4-5-6-7-8-9-11(13)10(2)12(14)15-3/h10-11H,4-9H2,1-3H3/t10-,11+/m0/s1. The van der Waals surface area contributed by atoms with Crippen LogP contribution < -0.4 is 0 Å². The zero-order valence-electron chi connectivity index (χ0n) is 10.1. The molecule has 15 heavy (non-hydrogen) atoms. The molecule has 3 heteroatoms. The van der Waals surface area contributed by atoms with Crippen LogP contribution in [0.3, 0.4) is 0 Å². The fraction of sp³-hybridized carbons (Fsp3) is 0.917. The third-order valence-electron chi connectivity index (χ3n) is 2.70. The molecule has 0 aliphatic carbocycles. The van der Waals surface area contributed by atoms with Crippen LogP contribution in [0.1, 0.15) is 52.4 Å². The van der Waals surface area contributed by atoms with Crippen LogP contribution in [0.4, 0.5) is 4.39 Å². The first kappa shape index (κ1) is 14.9. The monoisotopic (exact) mass is 234 g/mol. The van der Waals surface area contributed by atoms with E-state index in [1.54, 1.807) is 13.2 Å². The van der Waals surface area contributed by atoms with E-state index in [0.717, 1.165) is 24.6 Å². The summed E-state index contributed by atoms with van der Waals surface area (Å²) in [5.41, 5.74) is 0. The number of hydrogen-bond donors (Lipinski definition) is 0. The van der Waals surface area contributed by atoms with Crippen molar-refractivity contribution in [1.29, 1.82) is 0 Å². The lowest BCUT2D eigenvalue weighted by Gasteiger charge is -2.13. The second-order valence-electron chi connectivity index (χ2n) is 4.03. The first-order valence-electron chi connectivity index (χ1n) is 5.85. The quantitative estimate of drug-likeness (QED) is 0.585. The average molecular weight is 234 g/mol. The largest absolute Gasteiger partial charge is 0.287 e. The topological polar surface area (TPSA) is 17.1 Å². The van der Waals surface area contributed by atoms with Crippen LogP contribution in [0.5, 0.6) is 0 Å². The number of rotatable bonds is 8. The Morgan fingerprint density at radius 1 is 1.27 bits per heavy atom. The van der Waals surface area contributed by atoms with E-state index in [9.17, 15) is 9.18 Å². The summed E-state index contributed by atoms with van der Waals surface area (Å²) in [5.74, 6) is -0.439. The normalized spacial score (nSPS) is 14.9. The van der Waals surface area contributed by atoms with Gasteiger partial charge in [0.05, 0.1) is 5.92 Å². The number of hydrogen-bond acceptors (Lipinski definition) is 2. The SMILES string of the molecule is CCCCCCC[C@@H](F)[C@H](C)C(=O)SC. The number of thioether (sulfide) groups is 1. The van der Waals surface area contributed by atoms with E-state index in [0.29, 0.717) is 6.42 Å². The van der Waals surface area contributed by atoms with Crippen molar-refractivity contribution >= 4 is 16.9 Å². The van der Waals surface area contributed by atoms with Crippen LogP contribution in [-0.4, -0.2) is 17.5 Å². The van der Waals surface area contributed by atoms with E-state index < -0.39 is 12.1 Å². The Kier molecular flexibility index (Phi) is 9.17. The molecule has 0 aliphatic rings. The Morgan fingerprint density at radius 2 is 1.87 bits per heavy atom. The Labute approximate surface area is 97.2 Å². The Bertz CT molecular complexity index is 173. The van der Waals surface area contributed by atoms with E-state index in [-0.39, 0.29) is 5.12 Å². The molecule has 2 atom stereocenters. The van der Waals surface area contributed by atoms with Gasteiger partial charge in [-0.2, -0.15) is 0 Å². The molecule has 0 saturated carbocycles. The molecule has 0 aromatic carbocycles. The van der Waals surface area contributed by atoms with Crippen LogP contribution in [0.2, 0.25) is 0 Å². The number of alkyl halides is 1. The highest BCUT2D eigenvalue weighted by atomic mass is 32.2. The van der Waals surface area contributed by atoms with Gasteiger partial charge in [-0.1, -0.05) is 57.7 Å². The molecule has 0 bridgehead atoms. The molecule has 0 unspecified atom stereocenters. The summed E-state index contributed by atoms with van der Waals surface area (Å²) in [6, 6.07) is 0. The zero-order chi connectivity index (χ0) is 11.7. The van der Waals surface area contributed by atoms with Crippen molar-refractivity contribution < 1.29 is 9.18 Å². The first-order chi connectivity index (χ1) is 7.13.